The van der Waals surface area contributed by atoms with Gasteiger partial charge in [0.2, 0.25) is 5.91 Å². The van der Waals surface area contributed by atoms with E-state index >= 15 is 0 Å². The second-order valence-electron chi connectivity index (χ2n) is 6.11. The fraction of sp³-hybridized carbons (Fsp3) is 0.562. The van der Waals surface area contributed by atoms with Crippen LogP contribution < -0.4 is 5.32 Å². The maximum Gasteiger partial charge on any atom is 0.236 e. The number of carbonyl (C=O) groups excluding carboxylic acids is 1. The van der Waals surface area contributed by atoms with Crippen molar-refractivity contribution in [1.29, 1.82) is 0 Å². The summed E-state index contributed by atoms with van der Waals surface area (Å²) >= 11 is 5.82. The summed E-state index contributed by atoms with van der Waals surface area (Å²) < 4.78 is 13.4. The second kappa shape index (κ2) is 7.95. The monoisotopic (exact) mass is 343 g/mol. The normalized spacial score (nSPS) is 16.5. The molecule has 2 N–H and O–H groups in total. The Bertz CT molecular complexity index is 561. The molecule has 0 radical (unpaired) electrons. The average Bonchev–Trinajstić information content (AvgIpc) is 2.50. The largest absolute Gasteiger partial charge is 0.505 e. The van der Waals surface area contributed by atoms with E-state index in [4.69, 9.17) is 11.6 Å². The molecule has 7 heteroatoms. The number of benzene rings is 1. The van der Waals surface area contributed by atoms with E-state index in [1.165, 1.54) is 0 Å². The minimum Gasteiger partial charge on any atom is -0.505 e. The predicted octanol–water partition coefficient (Wildman–Crippen LogP) is 1.83. The minimum atomic E-state index is -0.702. The molecule has 1 heterocycles. The van der Waals surface area contributed by atoms with Gasteiger partial charge >= 0.3 is 0 Å². The highest BCUT2D eigenvalue weighted by Crippen LogP contribution is 2.26. The maximum atomic E-state index is 13.4. The van der Waals surface area contributed by atoms with E-state index in [0.717, 1.165) is 32.0 Å². The van der Waals surface area contributed by atoms with Crippen molar-refractivity contribution < 1.29 is 14.3 Å². The Balaban J connectivity index is 1.80. The molecule has 0 aromatic heterocycles. The first-order valence-corrected chi connectivity index (χ1v) is 8.07. The highest BCUT2D eigenvalue weighted by atomic mass is 35.5. The number of likely N-dealkylation sites (tertiary alicyclic amines) is 1. The summed E-state index contributed by atoms with van der Waals surface area (Å²) in [5, 5.41) is 13.3. The highest BCUT2D eigenvalue weighted by Gasteiger charge is 2.21. The number of amides is 1. The lowest BCUT2D eigenvalue weighted by Crippen LogP contribution is -2.45. The Labute approximate surface area is 141 Å². The number of hydrogen-bond donors (Lipinski definition) is 2. The Morgan fingerprint density at radius 3 is 2.70 bits per heavy atom. The summed E-state index contributed by atoms with van der Waals surface area (Å²) in [6, 6.07) is 2.94. The summed E-state index contributed by atoms with van der Waals surface area (Å²) in [6.07, 6.45) is 1.81. The molecule has 0 aliphatic carbocycles. The third-order valence-electron chi connectivity index (χ3n) is 4.13. The summed E-state index contributed by atoms with van der Waals surface area (Å²) in [5.74, 6) is -0.946. The van der Waals surface area contributed by atoms with Crippen molar-refractivity contribution in [2.45, 2.75) is 25.4 Å². The van der Waals surface area contributed by atoms with E-state index < -0.39 is 5.82 Å². The quantitative estimate of drug-likeness (QED) is 0.856. The Hall–Kier alpha value is -1.37. The molecule has 0 atom stereocenters. The lowest BCUT2D eigenvalue weighted by molar-refractivity contribution is -0.130. The lowest BCUT2D eigenvalue weighted by atomic mass is 10.0. The van der Waals surface area contributed by atoms with Gasteiger partial charge in [0.05, 0.1) is 6.54 Å². The Morgan fingerprint density at radius 2 is 2.09 bits per heavy atom. The van der Waals surface area contributed by atoms with Gasteiger partial charge in [0, 0.05) is 50.4 Å². The van der Waals surface area contributed by atoms with E-state index in [1.807, 2.05) is 0 Å². The Morgan fingerprint density at radius 1 is 1.43 bits per heavy atom. The molecule has 0 saturated carbocycles. The molecular formula is C16H23ClFN3O2. The van der Waals surface area contributed by atoms with E-state index in [9.17, 15) is 14.3 Å². The van der Waals surface area contributed by atoms with E-state index in [-0.39, 0.29) is 22.7 Å². The van der Waals surface area contributed by atoms with Gasteiger partial charge in [0.15, 0.2) is 11.6 Å². The topological polar surface area (TPSA) is 55.8 Å². The zero-order chi connectivity index (χ0) is 17.0. The van der Waals surface area contributed by atoms with Crippen LogP contribution in [0, 0.1) is 5.82 Å². The number of carbonyl (C=O) groups is 1. The number of nitrogens with one attached hydrogen (secondary N) is 1. The molecule has 128 valence electrons. The number of phenols is 1. The molecule has 1 aliphatic rings. The summed E-state index contributed by atoms with van der Waals surface area (Å²) in [7, 11) is 3.51. The van der Waals surface area contributed by atoms with Gasteiger partial charge in [-0.05, 0) is 25.0 Å². The molecular weight excluding hydrogens is 321 g/mol. The van der Waals surface area contributed by atoms with Gasteiger partial charge in [-0.15, -0.1) is 0 Å². The van der Waals surface area contributed by atoms with Crippen molar-refractivity contribution in [1.82, 2.24) is 15.1 Å². The van der Waals surface area contributed by atoms with Crippen molar-refractivity contribution in [3.05, 3.63) is 28.5 Å². The van der Waals surface area contributed by atoms with Crippen LogP contribution in [-0.4, -0.2) is 60.6 Å². The summed E-state index contributed by atoms with van der Waals surface area (Å²) in [4.78, 5) is 15.4. The molecule has 23 heavy (non-hydrogen) atoms. The maximum absolute atomic E-state index is 13.4. The number of halogens is 2. The molecule has 0 bridgehead atoms. The smallest absolute Gasteiger partial charge is 0.236 e. The van der Waals surface area contributed by atoms with Crippen LogP contribution in [0.4, 0.5) is 4.39 Å². The van der Waals surface area contributed by atoms with Gasteiger partial charge in [0.1, 0.15) is 0 Å². The van der Waals surface area contributed by atoms with Crippen LogP contribution in [0.5, 0.6) is 5.75 Å². The molecule has 2 rings (SSSR count). The average molecular weight is 344 g/mol. The van der Waals surface area contributed by atoms with Gasteiger partial charge in [0.25, 0.3) is 0 Å². The SMILES string of the molecule is CN(C)C(=O)CN1CCC(NCc2cc(Cl)cc(F)c2O)CC1. The standard InChI is InChI=1S/C16H23ClFN3O2/c1-20(2)15(22)10-21-5-3-13(4-6-21)19-9-11-7-12(17)8-14(18)16(11)23/h7-8,13,19,23H,3-6,9-10H2,1-2H3. The zero-order valence-electron chi connectivity index (χ0n) is 13.5. The second-order valence-corrected chi connectivity index (χ2v) is 6.55. The first-order chi connectivity index (χ1) is 10.9. The summed E-state index contributed by atoms with van der Waals surface area (Å²) in [6.45, 7) is 2.49. The number of rotatable bonds is 5. The number of aromatic hydroxyl groups is 1. The fourth-order valence-electron chi connectivity index (χ4n) is 2.64. The number of piperidine rings is 1. The van der Waals surface area contributed by atoms with Crippen molar-refractivity contribution in [3.8, 4) is 5.75 Å². The number of phenolic OH excluding ortho intramolecular Hbond substituents is 1. The third kappa shape index (κ3) is 5.06. The number of hydrogen-bond acceptors (Lipinski definition) is 4. The third-order valence-corrected chi connectivity index (χ3v) is 4.35. The van der Waals surface area contributed by atoms with E-state index in [1.54, 1.807) is 25.1 Å². The number of nitrogens with zero attached hydrogens (tertiary/aromatic N) is 2. The van der Waals surface area contributed by atoms with Crippen LogP contribution in [0.2, 0.25) is 5.02 Å². The first kappa shape index (κ1) is 18.0. The zero-order valence-corrected chi connectivity index (χ0v) is 14.2. The molecule has 1 fully saturated rings. The van der Waals surface area contributed by atoms with Gasteiger partial charge in [-0.3, -0.25) is 9.69 Å². The van der Waals surface area contributed by atoms with Gasteiger partial charge < -0.3 is 15.3 Å². The lowest BCUT2D eigenvalue weighted by Gasteiger charge is -2.32. The van der Waals surface area contributed by atoms with Gasteiger partial charge in [-0.2, -0.15) is 0 Å². The van der Waals surface area contributed by atoms with Crippen molar-refractivity contribution in [3.63, 3.8) is 0 Å². The van der Waals surface area contributed by atoms with E-state index in [2.05, 4.69) is 10.2 Å². The van der Waals surface area contributed by atoms with Crippen molar-refractivity contribution in [2.24, 2.45) is 0 Å². The van der Waals surface area contributed by atoms with Crippen LogP contribution in [-0.2, 0) is 11.3 Å². The number of likely N-dealkylation sites (N-methyl/N-ethyl adjacent to an activating group) is 1. The Kier molecular flexibility index (Phi) is 6.21. The van der Waals surface area contributed by atoms with Crippen molar-refractivity contribution >= 4 is 17.5 Å². The van der Waals surface area contributed by atoms with Crippen LogP contribution in [0.25, 0.3) is 0 Å². The predicted molar refractivity (Wildman–Crippen MR) is 88.1 cm³/mol. The van der Waals surface area contributed by atoms with E-state index in [0.29, 0.717) is 18.7 Å². The molecule has 1 aliphatic heterocycles. The van der Waals surface area contributed by atoms with Crippen molar-refractivity contribution in [2.75, 3.05) is 33.7 Å². The minimum absolute atomic E-state index is 0.107. The molecule has 5 nitrogen and oxygen atoms in total. The van der Waals surface area contributed by atoms with Gasteiger partial charge in [-0.1, -0.05) is 11.6 Å². The molecule has 0 spiro atoms. The molecule has 1 saturated heterocycles. The summed E-state index contributed by atoms with van der Waals surface area (Å²) in [5.41, 5.74) is 0.459. The first-order valence-electron chi connectivity index (χ1n) is 7.69. The van der Waals surface area contributed by atoms with Crippen LogP contribution in [0.15, 0.2) is 12.1 Å². The highest BCUT2D eigenvalue weighted by molar-refractivity contribution is 6.30. The molecule has 0 unspecified atom stereocenters. The van der Waals surface area contributed by atoms with Gasteiger partial charge in [-0.25, -0.2) is 4.39 Å². The molecule has 1 aromatic carbocycles. The van der Waals surface area contributed by atoms with Crippen LogP contribution in [0.1, 0.15) is 18.4 Å². The fourth-order valence-corrected chi connectivity index (χ4v) is 2.86. The van der Waals surface area contributed by atoms with Crippen LogP contribution >= 0.6 is 11.6 Å². The van der Waals surface area contributed by atoms with Crippen LogP contribution in [0.3, 0.4) is 0 Å². The molecule has 1 amide bonds. The molecule has 1 aromatic rings.